The minimum atomic E-state index is -0.850. The predicted molar refractivity (Wildman–Crippen MR) is 69.8 cm³/mol. The van der Waals surface area contributed by atoms with Crippen molar-refractivity contribution in [1.29, 1.82) is 5.26 Å². The quantitative estimate of drug-likeness (QED) is 0.499. The summed E-state index contributed by atoms with van der Waals surface area (Å²) >= 11 is 2.21. The van der Waals surface area contributed by atoms with Crippen molar-refractivity contribution in [2.24, 2.45) is 10.8 Å². The third-order valence-corrected chi connectivity index (χ3v) is 3.00. The van der Waals surface area contributed by atoms with Crippen molar-refractivity contribution in [2.45, 2.75) is 6.92 Å². The highest BCUT2D eigenvalue weighted by Gasteiger charge is 2.04. The van der Waals surface area contributed by atoms with E-state index in [-0.39, 0.29) is 5.71 Å². The Labute approximate surface area is 106 Å². The lowest BCUT2D eigenvalue weighted by molar-refractivity contribution is -0.111. The third-order valence-electron chi connectivity index (χ3n) is 1.79. The Morgan fingerprint density at radius 1 is 1.62 bits per heavy atom. The number of hydrazone groups is 1. The molecule has 1 aromatic rings. The molecule has 0 fully saturated rings. The van der Waals surface area contributed by atoms with Crippen molar-refractivity contribution in [3.8, 4) is 6.07 Å². The summed E-state index contributed by atoms with van der Waals surface area (Å²) in [5.74, 6) is -0.850. The predicted octanol–water partition coefficient (Wildman–Crippen LogP) is 1.38. The summed E-state index contributed by atoms with van der Waals surface area (Å²) in [5, 5.41) is 12.2. The van der Waals surface area contributed by atoms with Crippen molar-refractivity contribution in [2.75, 3.05) is 5.43 Å². The molecular formula is C10H9IN4O. The molecule has 82 valence electrons. The molecule has 0 radical (unpaired) electrons. The Kier molecular flexibility index (Phi) is 4.25. The summed E-state index contributed by atoms with van der Waals surface area (Å²) in [7, 11) is 0. The van der Waals surface area contributed by atoms with Crippen molar-refractivity contribution in [1.82, 2.24) is 0 Å². The number of amides is 1. The first-order chi connectivity index (χ1) is 7.54. The van der Waals surface area contributed by atoms with E-state index in [1.165, 1.54) is 0 Å². The van der Waals surface area contributed by atoms with Crippen LogP contribution in [0.25, 0.3) is 0 Å². The second kappa shape index (κ2) is 5.46. The molecule has 5 nitrogen and oxygen atoms in total. The van der Waals surface area contributed by atoms with Crippen LogP contribution in [-0.4, -0.2) is 11.6 Å². The highest BCUT2D eigenvalue weighted by atomic mass is 127. The normalized spacial score (nSPS) is 10.7. The molecule has 0 aliphatic heterocycles. The van der Waals surface area contributed by atoms with Gasteiger partial charge in [0.15, 0.2) is 0 Å². The van der Waals surface area contributed by atoms with Crippen LogP contribution >= 0.6 is 22.6 Å². The highest BCUT2D eigenvalue weighted by molar-refractivity contribution is 14.1. The zero-order valence-electron chi connectivity index (χ0n) is 8.49. The van der Waals surface area contributed by atoms with E-state index in [9.17, 15) is 4.79 Å². The number of hydrogen-bond acceptors (Lipinski definition) is 4. The van der Waals surface area contributed by atoms with Gasteiger partial charge in [0.2, 0.25) is 5.71 Å². The van der Waals surface area contributed by atoms with Crippen LogP contribution in [0, 0.1) is 21.8 Å². The number of aryl methyl sites for hydroxylation is 1. The van der Waals surface area contributed by atoms with Crippen molar-refractivity contribution >= 4 is 39.9 Å². The molecule has 0 aromatic heterocycles. The largest absolute Gasteiger partial charge is 0.364 e. The number of nitrogens with one attached hydrogen (secondary N) is 1. The highest BCUT2D eigenvalue weighted by Crippen LogP contribution is 2.16. The lowest BCUT2D eigenvalue weighted by Gasteiger charge is -2.03. The number of hydrogen-bond donors (Lipinski definition) is 2. The molecule has 1 amide bonds. The maximum atomic E-state index is 10.7. The molecule has 6 heteroatoms. The maximum Gasteiger partial charge on any atom is 0.280 e. The zero-order valence-corrected chi connectivity index (χ0v) is 10.6. The molecule has 0 unspecified atom stereocenters. The standard InChI is InChI=1S/C10H9IN4O/c1-6-4-7(2-3-8(6)11)14-15-9(5-12)10(13)16/h2-4,14H,1H3,(H2,13,16)/b15-9+. The van der Waals surface area contributed by atoms with Crippen molar-refractivity contribution < 1.29 is 4.79 Å². The summed E-state index contributed by atoms with van der Waals surface area (Å²) < 4.78 is 1.13. The topological polar surface area (TPSA) is 91.3 Å². The fourth-order valence-electron chi connectivity index (χ4n) is 0.970. The average Bonchev–Trinajstić information content (AvgIpc) is 2.23. The van der Waals surface area contributed by atoms with E-state index in [0.717, 1.165) is 9.13 Å². The second-order valence-corrected chi connectivity index (χ2v) is 4.17. The minimum absolute atomic E-state index is 0.351. The molecule has 0 aliphatic rings. The van der Waals surface area contributed by atoms with Gasteiger partial charge in [0, 0.05) is 3.57 Å². The van der Waals surface area contributed by atoms with Crippen LogP contribution in [0.3, 0.4) is 0 Å². The summed E-state index contributed by atoms with van der Waals surface area (Å²) in [4.78, 5) is 10.7. The van der Waals surface area contributed by atoms with Gasteiger partial charge in [-0.15, -0.1) is 0 Å². The van der Waals surface area contributed by atoms with Crippen LogP contribution in [0.2, 0.25) is 0 Å². The van der Waals surface area contributed by atoms with Gasteiger partial charge in [-0.05, 0) is 53.3 Å². The Morgan fingerprint density at radius 2 is 2.31 bits per heavy atom. The lowest BCUT2D eigenvalue weighted by Crippen LogP contribution is -2.22. The Morgan fingerprint density at radius 3 is 2.81 bits per heavy atom. The van der Waals surface area contributed by atoms with Crippen LogP contribution in [-0.2, 0) is 4.79 Å². The van der Waals surface area contributed by atoms with Crippen LogP contribution < -0.4 is 11.2 Å². The van der Waals surface area contributed by atoms with E-state index in [1.54, 1.807) is 12.1 Å². The molecule has 0 heterocycles. The van der Waals surface area contributed by atoms with E-state index in [0.29, 0.717) is 5.69 Å². The lowest BCUT2D eigenvalue weighted by atomic mass is 10.2. The van der Waals surface area contributed by atoms with E-state index < -0.39 is 5.91 Å². The first-order valence-corrected chi connectivity index (χ1v) is 5.42. The molecule has 0 aliphatic carbocycles. The van der Waals surface area contributed by atoms with Gasteiger partial charge >= 0.3 is 0 Å². The number of nitrogens with zero attached hydrogens (tertiary/aromatic N) is 2. The van der Waals surface area contributed by atoms with Gasteiger partial charge in [-0.3, -0.25) is 10.2 Å². The van der Waals surface area contributed by atoms with E-state index in [2.05, 4.69) is 33.1 Å². The van der Waals surface area contributed by atoms with E-state index in [4.69, 9.17) is 11.0 Å². The second-order valence-electron chi connectivity index (χ2n) is 3.01. The first kappa shape index (κ1) is 12.4. The fraction of sp³-hybridized carbons (Fsp3) is 0.100. The Hall–Kier alpha value is -1.62. The molecule has 0 saturated carbocycles. The molecule has 0 bridgehead atoms. The van der Waals surface area contributed by atoms with Crippen molar-refractivity contribution in [3.63, 3.8) is 0 Å². The zero-order chi connectivity index (χ0) is 12.1. The number of halogens is 1. The number of anilines is 1. The van der Waals surface area contributed by atoms with Crippen molar-refractivity contribution in [3.05, 3.63) is 27.3 Å². The number of primary amides is 1. The molecular weight excluding hydrogens is 319 g/mol. The third kappa shape index (κ3) is 3.20. The molecule has 0 atom stereocenters. The number of benzene rings is 1. The van der Waals surface area contributed by atoms with Crippen LogP contribution in [0.15, 0.2) is 23.3 Å². The SMILES string of the molecule is Cc1cc(N/N=C(\C#N)C(N)=O)ccc1I. The van der Waals surface area contributed by atoms with Crippen LogP contribution in [0.1, 0.15) is 5.56 Å². The monoisotopic (exact) mass is 328 g/mol. The van der Waals surface area contributed by atoms with Gasteiger partial charge < -0.3 is 5.73 Å². The van der Waals surface area contributed by atoms with Gasteiger partial charge in [-0.2, -0.15) is 10.4 Å². The number of rotatable bonds is 3. The summed E-state index contributed by atoms with van der Waals surface area (Å²) in [5.41, 5.74) is 8.97. The molecule has 3 N–H and O–H groups in total. The molecule has 1 rings (SSSR count). The maximum absolute atomic E-state index is 10.7. The van der Waals surface area contributed by atoms with Gasteiger partial charge in [-0.25, -0.2) is 0 Å². The number of carbonyl (C=O) groups is 1. The van der Waals surface area contributed by atoms with Gasteiger partial charge in [0.05, 0.1) is 5.69 Å². The minimum Gasteiger partial charge on any atom is -0.364 e. The first-order valence-electron chi connectivity index (χ1n) is 4.34. The van der Waals surface area contributed by atoms with Gasteiger partial charge in [0.1, 0.15) is 6.07 Å². The molecule has 0 spiro atoms. The number of nitriles is 1. The summed E-state index contributed by atoms with van der Waals surface area (Å²) in [6.07, 6.45) is 0. The van der Waals surface area contributed by atoms with Crippen LogP contribution in [0.4, 0.5) is 5.69 Å². The summed E-state index contributed by atoms with van der Waals surface area (Å²) in [6.45, 7) is 1.95. The fourth-order valence-corrected chi connectivity index (χ4v) is 1.31. The molecule has 16 heavy (non-hydrogen) atoms. The number of carbonyl (C=O) groups excluding carboxylic acids is 1. The summed E-state index contributed by atoms with van der Waals surface area (Å²) in [6, 6.07) is 7.18. The van der Waals surface area contributed by atoms with E-state index >= 15 is 0 Å². The average molecular weight is 328 g/mol. The van der Waals surface area contributed by atoms with Gasteiger partial charge in [0.25, 0.3) is 5.91 Å². The van der Waals surface area contributed by atoms with E-state index in [1.807, 2.05) is 19.1 Å². The number of nitrogens with two attached hydrogens (primary N) is 1. The smallest absolute Gasteiger partial charge is 0.280 e. The molecule has 0 saturated heterocycles. The van der Waals surface area contributed by atoms with Crippen LogP contribution in [0.5, 0.6) is 0 Å². The Balaban J connectivity index is 2.86. The van der Waals surface area contributed by atoms with Gasteiger partial charge in [-0.1, -0.05) is 0 Å². The molecule has 1 aromatic carbocycles. The Bertz CT molecular complexity index is 490.